The van der Waals surface area contributed by atoms with Gasteiger partial charge in [-0.05, 0) is 74.9 Å². The van der Waals surface area contributed by atoms with E-state index in [0.29, 0.717) is 35.4 Å². The van der Waals surface area contributed by atoms with Crippen molar-refractivity contribution in [3.63, 3.8) is 0 Å². The van der Waals surface area contributed by atoms with Crippen molar-refractivity contribution < 1.29 is 23.8 Å². The van der Waals surface area contributed by atoms with Crippen molar-refractivity contribution in [3.8, 4) is 5.75 Å². The zero-order valence-electron chi connectivity index (χ0n) is 25.4. The summed E-state index contributed by atoms with van der Waals surface area (Å²) in [5.41, 5.74) is 2.07. The number of hydrogen-bond donors (Lipinski definition) is 3. The van der Waals surface area contributed by atoms with Crippen molar-refractivity contribution in [1.82, 2.24) is 20.9 Å². The Morgan fingerprint density at radius 2 is 1.83 bits per heavy atom. The molecule has 9 nitrogen and oxygen atoms in total. The van der Waals surface area contributed by atoms with Crippen LogP contribution in [-0.4, -0.2) is 84.0 Å². The third-order valence-electron chi connectivity index (χ3n) is 7.42. The van der Waals surface area contributed by atoms with Crippen LogP contribution < -0.4 is 20.7 Å². The van der Waals surface area contributed by atoms with Gasteiger partial charge in [-0.1, -0.05) is 55.8 Å². The lowest BCUT2D eigenvalue weighted by Gasteiger charge is -2.27. The minimum Gasteiger partial charge on any atom is -0.492 e. The molecule has 42 heavy (non-hydrogen) atoms. The summed E-state index contributed by atoms with van der Waals surface area (Å²) < 4.78 is 17.1. The number of nitrogens with zero attached hydrogens (tertiary/aromatic N) is 1. The summed E-state index contributed by atoms with van der Waals surface area (Å²) in [6.07, 6.45) is 6.15. The summed E-state index contributed by atoms with van der Waals surface area (Å²) in [6, 6.07) is 13.0. The second-order valence-electron chi connectivity index (χ2n) is 11.1. The Morgan fingerprint density at radius 1 is 1.05 bits per heavy atom. The zero-order valence-corrected chi connectivity index (χ0v) is 26.2. The monoisotopic (exact) mass is 602 g/mol. The number of benzene rings is 2. The first-order chi connectivity index (χ1) is 20.3. The lowest BCUT2D eigenvalue weighted by molar-refractivity contribution is 0.0801. The van der Waals surface area contributed by atoms with Crippen molar-refractivity contribution in [3.05, 3.63) is 64.2 Å². The van der Waals surface area contributed by atoms with Crippen LogP contribution in [0.2, 0.25) is 5.02 Å². The highest BCUT2D eigenvalue weighted by molar-refractivity contribution is 6.30. The number of amides is 2. The van der Waals surface area contributed by atoms with Gasteiger partial charge in [0, 0.05) is 36.3 Å². The SMILES string of the molecule is CNCC(CC1CCCCC1)NC(=O)c1cc(OCCN(C)C)cc(C(OCCNC(=O)OC)c2cccc(Cl)c2)c1. The summed E-state index contributed by atoms with van der Waals surface area (Å²) in [4.78, 5) is 27.3. The van der Waals surface area contributed by atoms with E-state index < -0.39 is 12.2 Å². The Bertz CT molecular complexity index is 1130. The molecule has 0 radical (unpaired) electrons. The van der Waals surface area contributed by atoms with Crippen LogP contribution in [0.5, 0.6) is 5.75 Å². The van der Waals surface area contributed by atoms with Gasteiger partial charge in [0.25, 0.3) is 5.91 Å². The molecule has 3 N–H and O–H groups in total. The van der Waals surface area contributed by atoms with Gasteiger partial charge in [-0.3, -0.25) is 4.79 Å². The first-order valence-electron chi connectivity index (χ1n) is 14.9. The van der Waals surface area contributed by atoms with Crippen molar-refractivity contribution in [2.75, 3.05) is 61.1 Å². The summed E-state index contributed by atoms with van der Waals surface area (Å²) in [7, 11) is 7.20. The highest BCUT2D eigenvalue weighted by atomic mass is 35.5. The van der Waals surface area contributed by atoms with Crippen LogP contribution in [0.25, 0.3) is 0 Å². The van der Waals surface area contributed by atoms with E-state index >= 15 is 0 Å². The lowest BCUT2D eigenvalue weighted by atomic mass is 9.84. The predicted octanol–water partition coefficient (Wildman–Crippen LogP) is 5.03. The van der Waals surface area contributed by atoms with Gasteiger partial charge in [0.2, 0.25) is 0 Å². The Kier molecular flexibility index (Phi) is 14.4. The minimum atomic E-state index is -0.553. The molecule has 0 spiro atoms. The summed E-state index contributed by atoms with van der Waals surface area (Å²) >= 11 is 6.35. The first-order valence-corrected chi connectivity index (χ1v) is 15.2. The number of rotatable bonds is 16. The smallest absolute Gasteiger partial charge is 0.406 e. The topological polar surface area (TPSA) is 101 Å². The molecule has 0 aliphatic heterocycles. The van der Waals surface area contributed by atoms with E-state index in [1.165, 1.54) is 39.2 Å². The maximum absolute atomic E-state index is 13.7. The van der Waals surface area contributed by atoms with E-state index in [4.69, 9.17) is 21.1 Å². The van der Waals surface area contributed by atoms with Gasteiger partial charge >= 0.3 is 6.09 Å². The van der Waals surface area contributed by atoms with Gasteiger partial charge in [0.1, 0.15) is 18.5 Å². The van der Waals surface area contributed by atoms with Gasteiger partial charge in [0.15, 0.2) is 0 Å². The number of halogens is 1. The molecule has 1 aliphatic carbocycles. The normalized spacial score (nSPS) is 15.2. The van der Waals surface area contributed by atoms with Crippen molar-refractivity contribution in [2.45, 2.75) is 50.7 Å². The largest absolute Gasteiger partial charge is 0.492 e. The number of hydrogen-bond acceptors (Lipinski definition) is 7. The maximum atomic E-state index is 13.7. The highest BCUT2D eigenvalue weighted by Crippen LogP contribution is 2.32. The van der Waals surface area contributed by atoms with E-state index in [1.54, 1.807) is 12.1 Å². The van der Waals surface area contributed by atoms with Crippen LogP contribution in [0.4, 0.5) is 4.79 Å². The van der Waals surface area contributed by atoms with Gasteiger partial charge in [-0.25, -0.2) is 4.79 Å². The fourth-order valence-corrected chi connectivity index (χ4v) is 5.52. The number of carbonyl (C=O) groups is 2. The fourth-order valence-electron chi connectivity index (χ4n) is 5.32. The number of methoxy groups -OCH3 is 1. The molecular weight excluding hydrogens is 556 g/mol. The molecule has 1 fully saturated rings. The summed E-state index contributed by atoms with van der Waals surface area (Å²) in [5.74, 6) is 1.07. The molecule has 1 aliphatic rings. The molecule has 2 aromatic carbocycles. The standard InChI is InChI=1S/C32H47ClN4O5/c1-34-22-28(17-23-9-6-5-7-10-23)36-31(38)26-18-25(20-29(21-26)41-16-14-37(2)3)30(24-11-8-12-27(33)19-24)42-15-13-35-32(39)40-4/h8,11-12,18-21,23,28,30,34H,5-7,9-10,13-17,22H2,1-4H3,(H,35,39)(H,36,38). The second kappa shape index (κ2) is 18.0. The zero-order chi connectivity index (χ0) is 30.3. The van der Waals surface area contributed by atoms with Crippen LogP contribution in [0.1, 0.15) is 66.1 Å². The average Bonchev–Trinajstić information content (AvgIpc) is 2.97. The van der Waals surface area contributed by atoms with Gasteiger partial charge in [0.05, 0.1) is 13.7 Å². The molecule has 1 saturated carbocycles. The molecule has 3 rings (SSSR count). The number of ether oxygens (including phenoxy) is 3. The van der Waals surface area contributed by atoms with E-state index in [-0.39, 0.29) is 25.1 Å². The lowest BCUT2D eigenvalue weighted by Crippen LogP contribution is -2.42. The maximum Gasteiger partial charge on any atom is 0.406 e. The Morgan fingerprint density at radius 3 is 2.52 bits per heavy atom. The summed E-state index contributed by atoms with van der Waals surface area (Å²) in [5, 5.41) is 9.74. The highest BCUT2D eigenvalue weighted by Gasteiger charge is 2.23. The number of carbonyl (C=O) groups excluding carboxylic acids is 2. The van der Waals surface area contributed by atoms with E-state index in [9.17, 15) is 9.59 Å². The second-order valence-corrected chi connectivity index (χ2v) is 11.6. The average molecular weight is 603 g/mol. The minimum absolute atomic E-state index is 0.0248. The van der Waals surface area contributed by atoms with E-state index in [1.807, 2.05) is 56.4 Å². The van der Waals surface area contributed by atoms with Crippen molar-refractivity contribution in [1.29, 1.82) is 0 Å². The van der Waals surface area contributed by atoms with E-state index in [0.717, 1.165) is 24.1 Å². The molecule has 0 bridgehead atoms. The molecule has 2 amide bonds. The van der Waals surface area contributed by atoms with Gasteiger partial charge in [-0.2, -0.15) is 0 Å². The molecule has 0 saturated heterocycles. The quantitative estimate of drug-likeness (QED) is 0.232. The van der Waals surface area contributed by atoms with Gasteiger partial charge in [-0.15, -0.1) is 0 Å². The van der Waals surface area contributed by atoms with Crippen molar-refractivity contribution >= 4 is 23.6 Å². The molecule has 0 heterocycles. The first kappa shape index (κ1) is 33.6. The number of likely N-dealkylation sites (N-methyl/N-ethyl adjacent to an activating group) is 2. The molecule has 0 aromatic heterocycles. The molecular formula is C32H47ClN4O5. The van der Waals surface area contributed by atoms with Crippen LogP contribution in [0, 0.1) is 5.92 Å². The van der Waals surface area contributed by atoms with Crippen LogP contribution >= 0.6 is 11.6 Å². The Hall–Kier alpha value is -2.85. The number of nitrogens with one attached hydrogen (secondary N) is 3. The molecule has 2 atom stereocenters. The molecule has 232 valence electrons. The van der Waals surface area contributed by atoms with Gasteiger partial charge < -0.3 is 35.1 Å². The van der Waals surface area contributed by atoms with Crippen LogP contribution in [0.15, 0.2) is 42.5 Å². The predicted molar refractivity (Wildman–Crippen MR) is 167 cm³/mol. The Labute approximate surface area is 255 Å². The van der Waals surface area contributed by atoms with Crippen LogP contribution in [-0.2, 0) is 9.47 Å². The molecule has 2 aromatic rings. The number of alkyl carbamates (subject to hydrolysis) is 1. The molecule has 10 heteroatoms. The third-order valence-corrected chi connectivity index (χ3v) is 7.66. The Balaban J connectivity index is 1.89. The fraction of sp³-hybridized carbons (Fsp3) is 0.562. The van der Waals surface area contributed by atoms with Crippen molar-refractivity contribution in [2.24, 2.45) is 5.92 Å². The third kappa shape index (κ3) is 11.4. The van der Waals surface area contributed by atoms with E-state index in [2.05, 4.69) is 20.7 Å². The summed E-state index contributed by atoms with van der Waals surface area (Å²) in [6.45, 7) is 2.36. The molecule has 2 unspecified atom stereocenters. The van der Waals surface area contributed by atoms with Crippen LogP contribution in [0.3, 0.4) is 0 Å².